The molecule has 0 bridgehead atoms. The second kappa shape index (κ2) is 7.48. The highest BCUT2D eigenvalue weighted by Crippen LogP contribution is 2.20. The topological polar surface area (TPSA) is 52.6 Å². The number of hydrogen-bond donors (Lipinski definition) is 0. The van der Waals surface area contributed by atoms with Crippen LogP contribution in [0.15, 0.2) is 36.4 Å². The summed E-state index contributed by atoms with van der Waals surface area (Å²) < 4.78 is 10.7. The van der Waals surface area contributed by atoms with Gasteiger partial charge < -0.3 is 9.47 Å². The number of fused-ring (bicyclic) bond motifs is 1. The maximum atomic E-state index is 12.0. The Labute approximate surface area is 155 Å². The Morgan fingerprint density at radius 1 is 0.692 bits per heavy atom. The molecule has 0 N–H and O–H groups in total. The van der Waals surface area contributed by atoms with Gasteiger partial charge in [-0.3, -0.25) is 9.59 Å². The summed E-state index contributed by atoms with van der Waals surface area (Å²) in [6, 6.07) is 11.7. The van der Waals surface area contributed by atoms with E-state index in [2.05, 4.69) is 0 Å². The molecule has 0 spiro atoms. The van der Waals surface area contributed by atoms with Crippen molar-refractivity contribution < 1.29 is 19.1 Å². The van der Waals surface area contributed by atoms with Crippen LogP contribution in [0.4, 0.5) is 0 Å². The van der Waals surface area contributed by atoms with Gasteiger partial charge in [0.1, 0.15) is 11.2 Å². The van der Waals surface area contributed by atoms with E-state index in [-0.39, 0.29) is 24.8 Å². The highest BCUT2D eigenvalue weighted by Gasteiger charge is 2.18. The maximum Gasteiger partial charge on any atom is 0.310 e. The van der Waals surface area contributed by atoms with Crippen molar-refractivity contribution in [2.45, 2.75) is 65.6 Å². The number of esters is 2. The molecule has 0 aliphatic carbocycles. The molecular weight excluding hydrogens is 328 g/mol. The van der Waals surface area contributed by atoms with Crippen molar-refractivity contribution in [2.75, 3.05) is 0 Å². The van der Waals surface area contributed by atoms with Gasteiger partial charge in [-0.15, -0.1) is 0 Å². The second-order valence-electron chi connectivity index (χ2n) is 8.54. The summed E-state index contributed by atoms with van der Waals surface area (Å²) in [5, 5.41) is 2.05. The van der Waals surface area contributed by atoms with Gasteiger partial charge in [-0.05, 0) is 63.4 Å². The number of rotatable bonds is 4. The highest BCUT2D eigenvalue weighted by atomic mass is 16.6. The molecule has 0 aliphatic heterocycles. The van der Waals surface area contributed by atoms with E-state index in [0.717, 1.165) is 21.9 Å². The SMILES string of the molecule is CC(C)(C)OC(=O)Cc1ccc2cc(CC(=O)OC(C)(C)C)ccc2c1. The molecule has 0 fully saturated rings. The van der Waals surface area contributed by atoms with Crippen LogP contribution in [0.25, 0.3) is 10.8 Å². The predicted molar refractivity (Wildman–Crippen MR) is 103 cm³/mol. The van der Waals surface area contributed by atoms with Gasteiger partial charge in [-0.25, -0.2) is 0 Å². The molecule has 0 saturated heterocycles. The van der Waals surface area contributed by atoms with Crippen molar-refractivity contribution in [1.29, 1.82) is 0 Å². The third-order valence-electron chi connectivity index (χ3n) is 3.51. The van der Waals surface area contributed by atoms with E-state index in [1.807, 2.05) is 77.9 Å². The molecule has 2 rings (SSSR count). The standard InChI is InChI=1S/C22H28O4/c1-21(2,3)25-19(23)13-15-7-9-18-12-16(8-10-17(18)11-15)14-20(24)26-22(4,5)6/h7-12H,13-14H2,1-6H3. The van der Waals surface area contributed by atoms with Crippen LogP contribution in [0.1, 0.15) is 52.7 Å². The van der Waals surface area contributed by atoms with Crippen LogP contribution in [0.3, 0.4) is 0 Å². The Hall–Kier alpha value is -2.36. The summed E-state index contributed by atoms with van der Waals surface area (Å²) in [5.74, 6) is -0.475. The van der Waals surface area contributed by atoms with Gasteiger partial charge in [-0.2, -0.15) is 0 Å². The zero-order valence-electron chi connectivity index (χ0n) is 16.5. The monoisotopic (exact) mass is 356 g/mol. The Kier molecular flexibility index (Phi) is 5.74. The zero-order chi connectivity index (χ0) is 19.5. The lowest BCUT2D eigenvalue weighted by atomic mass is 10.0. The van der Waals surface area contributed by atoms with E-state index < -0.39 is 11.2 Å². The minimum absolute atomic E-state index is 0.238. The van der Waals surface area contributed by atoms with Crippen molar-refractivity contribution in [1.82, 2.24) is 0 Å². The van der Waals surface area contributed by atoms with Crippen LogP contribution in [0.2, 0.25) is 0 Å². The lowest BCUT2D eigenvalue weighted by Crippen LogP contribution is -2.25. The van der Waals surface area contributed by atoms with E-state index in [4.69, 9.17) is 9.47 Å². The molecule has 26 heavy (non-hydrogen) atoms. The van der Waals surface area contributed by atoms with Gasteiger partial charge >= 0.3 is 11.9 Å². The average molecular weight is 356 g/mol. The van der Waals surface area contributed by atoms with Gasteiger partial charge in [0.15, 0.2) is 0 Å². The van der Waals surface area contributed by atoms with Crippen LogP contribution in [-0.4, -0.2) is 23.1 Å². The minimum Gasteiger partial charge on any atom is -0.460 e. The minimum atomic E-state index is -0.482. The first-order chi connectivity index (χ1) is 11.9. The van der Waals surface area contributed by atoms with Crippen molar-refractivity contribution in [3.8, 4) is 0 Å². The molecule has 4 heteroatoms. The summed E-state index contributed by atoms with van der Waals surface area (Å²) in [5.41, 5.74) is 0.855. The van der Waals surface area contributed by atoms with Gasteiger partial charge in [0, 0.05) is 0 Å². The number of carbonyl (C=O) groups excluding carboxylic acids is 2. The third-order valence-corrected chi connectivity index (χ3v) is 3.51. The number of benzene rings is 2. The lowest BCUT2D eigenvalue weighted by molar-refractivity contribution is -0.155. The Bertz CT molecular complexity index is 738. The molecule has 0 atom stereocenters. The van der Waals surface area contributed by atoms with E-state index in [0.29, 0.717) is 0 Å². The molecule has 0 amide bonds. The zero-order valence-corrected chi connectivity index (χ0v) is 16.5. The van der Waals surface area contributed by atoms with Crippen LogP contribution in [0, 0.1) is 0 Å². The number of carbonyl (C=O) groups is 2. The van der Waals surface area contributed by atoms with E-state index in [1.165, 1.54) is 0 Å². The molecule has 0 radical (unpaired) electrons. The summed E-state index contributed by atoms with van der Waals surface area (Å²) in [6.45, 7) is 11.2. The molecule has 0 saturated carbocycles. The van der Waals surface area contributed by atoms with Crippen molar-refractivity contribution >= 4 is 22.7 Å². The average Bonchev–Trinajstić information content (AvgIpc) is 2.43. The van der Waals surface area contributed by atoms with Crippen molar-refractivity contribution in [3.05, 3.63) is 47.5 Å². The Balaban J connectivity index is 2.10. The van der Waals surface area contributed by atoms with E-state index >= 15 is 0 Å². The van der Waals surface area contributed by atoms with Crippen LogP contribution in [0.5, 0.6) is 0 Å². The number of ether oxygens (including phenoxy) is 2. The largest absolute Gasteiger partial charge is 0.460 e. The first-order valence-electron chi connectivity index (χ1n) is 8.87. The molecule has 0 aliphatic rings. The molecule has 0 aromatic heterocycles. The first kappa shape index (κ1) is 20.0. The van der Waals surface area contributed by atoms with Crippen LogP contribution in [-0.2, 0) is 31.9 Å². The third kappa shape index (κ3) is 6.51. The fraction of sp³-hybridized carbons (Fsp3) is 0.455. The maximum absolute atomic E-state index is 12.0. The van der Waals surface area contributed by atoms with Gasteiger partial charge in [-0.1, -0.05) is 36.4 Å². The van der Waals surface area contributed by atoms with E-state index in [1.54, 1.807) is 0 Å². The second-order valence-corrected chi connectivity index (χ2v) is 8.54. The van der Waals surface area contributed by atoms with Gasteiger partial charge in [0.2, 0.25) is 0 Å². The summed E-state index contributed by atoms with van der Waals surface area (Å²) in [6.07, 6.45) is 0.486. The van der Waals surface area contributed by atoms with Crippen LogP contribution >= 0.6 is 0 Å². The molecule has 0 heterocycles. The Morgan fingerprint density at radius 3 is 1.35 bits per heavy atom. The quantitative estimate of drug-likeness (QED) is 0.751. The summed E-state index contributed by atoms with van der Waals surface area (Å²) in [7, 11) is 0. The highest BCUT2D eigenvalue weighted by molar-refractivity contribution is 5.86. The smallest absolute Gasteiger partial charge is 0.310 e. The molecule has 4 nitrogen and oxygen atoms in total. The summed E-state index contributed by atoms with van der Waals surface area (Å²) >= 11 is 0. The molecule has 0 unspecified atom stereocenters. The van der Waals surface area contributed by atoms with Crippen molar-refractivity contribution in [2.24, 2.45) is 0 Å². The fourth-order valence-corrected chi connectivity index (χ4v) is 2.65. The molecule has 2 aromatic rings. The van der Waals surface area contributed by atoms with Gasteiger partial charge in [0.05, 0.1) is 12.8 Å². The number of hydrogen-bond acceptors (Lipinski definition) is 4. The van der Waals surface area contributed by atoms with E-state index in [9.17, 15) is 9.59 Å². The summed E-state index contributed by atoms with van der Waals surface area (Å²) in [4.78, 5) is 24.0. The first-order valence-corrected chi connectivity index (χ1v) is 8.87. The molecule has 2 aromatic carbocycles. The van der Waals surface area contributed by atoms with Gasteiger partial charge in [0.25, 0.3) is 0 Å². The predicted octanol–water partition coefficient (Wildman–Crippen LogP) is 4.61. The molecule has 140 valence electrons. The lowest BCUT2D eigenvalue weighted by Gasteiger charge is -2.19. The normalized spacial score (nSPS) is 12.1. The Morgan fingerprint density at radius 2 is 1.04 bits per heavy atom. The van der Waals surface area contributed by atoms with Crippen LogP contribution < -0.4 is 0 Å². The van der Waals surface area contributed by atoms with Crippen molar-refractivity contribution in [3.63, 3.8) is 0 Å². The fourth-order valence-electron chi connectivity index (χ4n) is 2.65. The molecular formula is C22H28O4.